The van der Waals surface area contributed by atoms with Crippen LogP contribution in [-0.4, -0.2) is 57.9 Å². The summed E-state index contributed by atoms with van der Waals surface area (Å²) in [5.74, 6) is 0. The summed E-state index contributed by atoms with van der Waals surface area (Å²) < 4.78 is 0. The predicted molar refractivity (Wildman–Crippen MR) is 80.5 cm³/mol. The Labute approximate surface area is 123 Å². The number of rotatable bonds is 5. The molecule has 0 heterocycles. The zero-order valence-corrected chi connectivity index (χ0v) is 11.6. The van der Waals surface area contributed by atoms with Gasteiger partial charge in [0.25, 0.3) is 0 Å². The van der Waals surface area contributed by atoms with Gasteiger partial charge in [-0.2, -0.15) is 0 Å². The molecule has 4 unspecified atom stereocenters. The highest BCUT2D eigenvalue weighted by Crippen LogP contribution is 2.19. The molecule has 1 aromatic rings. The summed E-state index contributed by atoms with van der Waals surface area (Å²) in [6, 6.07) is 9.30. The van der Waals surface area contributed by atoms with E-state index < -0.39 is 24.4 Å². The first kappa shape index (κ1) is 15.9. The fraction of sp³-hybridized carbons (Fsp3) is 0.375. The van der Waals surface area contributed by atoms with Crippen LogP contribution < -0.4 is 5.32 Å². The fourth-order valence-electron chi connectivity index (χ4n) is 2.34. The smallest absolute Gasteiger partial charge is 0.111 e. The highest BCUT2D eigenvalue weighted by Gasteiger charge is 2.36. The van der Waals surface area contributed by atoms with Gasteiger partial charge >= 0.3 is 0 Å². The van der Waals surface area contributed by atoms with Crippen molar-refractivity contribution in [3.8, 4) is 0 Å². The lowest BCUT2D eigenvalue weighted by Gasteiger charge is -2.34. The monoisotopic (exact) mass is 291 g/mol. The molecule has 1 aromatic carbocycles. The van der Waals surface area contributed by atoms with E-state index in [0.29, 0.717) is 12.1 Å². The van der Waals surface area contributed by atoms with E-state index in [1.165, 1.54) is 0 Å². The molecule has 0 spiro atoms. The van der Waals surface area contributed by atoms with Gasteiger partial charge in [-0.05, 0) is 11.1 Å². The third kappa shape index (κ3) is 4.00. The first-order valence-corrected chi connectivity index (χ1v) is 6.94. The molecule has 5 nitrogen and oxygen atoms in total. The van der Waals surface area contributed by atoms with Gasteiger partial charge in [0.2, 0.25) is 0 Å². The molecule has 0 amide bonds. The molecule has 0 radical (unpaired) electrons. The molecule has 4 atom stereocenters. The van der Waals surface area contributed by atoms with Crippen LogP contribution in [-0.2, 0) is 0 Å². The normalized spacial score (nSPS) is 29.6. The summed E-state index contributed by atoms with van der Waals surface area (Å²) in [4.78, 5) is 0. The van der Waals surface area contributed by atoms with Gasteiger partial charge in [0.15, 0.2) is 0 Å². The third-order valence-electron chi connectivity index (χ3n) is 3.58. The van der Waals surface area contributed by atoms with Crippen LogP contribution in [0.2, 0.25) is 0 Å². The molecule has 21 heavy (non-hydrogen) atoms. The van der Waals surface area contributed by atoms with Gasteiger partial charge in [0.05, 0.1) is 12.6 Å². The van der Waals surface area contributed by atoms with E-state index in [-0.39, 0.29) is 6.61 Å². The van der Waals surface area contributed by atoms with Crippen LogP contribution in [0.5, 0.6) is 0 Å². The molecule has 0 aromatic heterocycles. The standard InChI is InChI=1S/C16H21NO4/c18-10-12-9-13(15(20)16(21)14(12)19)17-8-4-7-11-5-2-1-3-6-11/h1-7,9,13-21H,8,10H2/b7-4+. The van der Waals surface area contributed by atoms with E-state index in [2.05, 4.69) is 5.32 Å². The van der Waals surface area contributed by atoms with Gasteiger partial charge in [-0.1, -0.05) is 48.6 Å². The molecule has 5 N–H and O–H groups in total. The summed E-state index contributed by atoms with van der Waals surface area (Å²) in [5, 5.41) is 41.5. The molecule has 0 fully saturated rings. The summed E-state index contributed by atoms with van der Waals surface area (Å²) in [6.07, 6.45) is 1.80. The second-order valence-electron chi connectivity index (χ2n) is 5.07. The molecule has 1 aliphatic rings. The van der Waals surface area contributed by atoms with Crippen molar-refractivity contribution >= 4 is 6.08 Å². The Morgan fingerprint density at radius 3 is 2.43 bits per heavy atom. The molecule has 0 bridgehead atoms. The van der Waals surface area contributed by atoms with E-state index in [0.717, 1.165) is 5.56 Å². The van der Waals surface area contributed by atoms with Crippen molar-refractivity contribution < 1.29 is 20.4 Å². The van der Waals surface area contributed by atoms with Crippen LogP contribution in [0.3, 0.4) is 0 Å². The van der Waals surface area contributed by atoms with E-state index in [9.17, 15) is 15.3 Å². The largest absolute Gasteiger partial charge is 0.392 e. The van der Waals surface area contributed by atoms with Crippen molar-refractivity contribution in [2.24, 2.45) is 0 Å². The minimum Gasteiger partial charge on any atom is -0.392 e. The molecule has 0 saturated carbocycles. The van der Waals surface area contributed by atoms with Crippen LogP contribution in [0.25, 0.3) is 6.08 Å². The summed E-state index contributed by atoms with van der Waals surface area (Å²) in [5.41, 5.74) is 1.39. The maximum atomic E-state index is 9.91. The Kier molecular flexibility index (Phi) is 5.67. The van der Waals surface area contributed by atoms with Gasteiger partial charge in [-0.3, -0.25) is 0 Å². The first-order chi connectivity index (χ1) is 10.1. The zero-order valence-electron chi connectivity index (χ0n) is 11.6. The highest BCUT2D eigenvalue weighted by molar-refractivity contribution is 5.48. The Morgan fingerprint density at radius 1 is 1.05 bits per heavy atom. The van der Waals surface area contributed by atoms with E-state index in [4.69, 9.17) is 5.11 Å². The summed E-state index contributed by atoms with van der Waals surface area (Å²) >= 11 is 0. The van der Waals surface area contributed by atoms with Gasteiger partial charge in [0, 0.05) is 6.54 Å². The van der Waals surface area contributed by atoms with Crippen LogP contribution >= 0.6 is 0 Å². The number of nitrogens with one attached hydrogen (secondary N) is 1. The van der Waals surface area contributed by atoms with Crippen molar-refractivity contribution in [3.05, 3.63) is 53.6 Å². The predicted octanol–water partition coefficient (Wildman–Crippen LogP) is -0.327. The fourth-order valence-corrected chi connectivity index (χ4v) is 2.34. The number of aliphatic hydroxyl groups excluding tert-OH is 4. The van der Waals surface area contributed by atoms with Gasteiger partial charge < -0.3 is 25.7 Å². The Bertz CT molecular complexity index is 500. The quantitative estimate of drug-likeness (QED) is 0.479. The van der Waals surface area contributed by atoms with E-state index in [1.54, 1.807) is 6.08 Å². The van der Waals surface area contributed by atoms with Gasteiger partial charge in [-0.25, -0.2) is 0 Å². The number of benzene rings is 1. The van der Waals surface area contributed by atoms with Gasteiger partial charge in [-0.15, -0.1) is 0 Å². The van der Waals surface area contributed by atoms with Crippen molar-refractivity contribution in [1.29, 1.82) is 0 Å². The highest BCUT2D eigenvalue weighted by atomic mass is 16.4. The maximum Gasteiger partial charge on any atom is 0.111 e. The average Bonchev–Trinajstić information content (AvgIpc) is 2.52. The third-order valence-corrected chi connectivity index (χ3v) is 3.58. The Balaban J connectivity index is 1.93. The minimum atomic E-state index is -1.30. The molecular weight excluding hydrogens is 270 g/mol. The molecule has 0 saturated heterocycles. The molecular formula is C16H21NO4. The van der Waals surface area contributed by atoms with E-state index >= 15 is 0 Å². The lowest BCUT2D eigenvalue weighted by molar-refractivity contribution is -0.0637. The molecule has 0 aliphatic heterocycles. The minimum absolute atomic E-state index is 0.317. The Morgan fingerprint density at radius 2 is 1.76 bits per heavy atom. The first-order valence-electron chi connectivity index (χ1n) is 6.94. The average molecular weight is 291 g/mol. The molecule has 2 rings (SSSR count). The van der Waals surface area contributed by atoms with Crippen molar-refractivity contribution in [3.63, 3.8) is 0 Å². The number of hydrogen-bond acceptors (Lipinski definition) is 5. The van der Waals surface area contributed by atoms with Crippen LogP contribution in [0.15, 0.2) is 48.1 Å². The van der Waals surface area contributed by atoms with Crippen LogP contribution in [0, 0.1) is 0 Å². The second kappa shape index (κ2) is 7.49. The maximum absolute atomic E-state index is 9.91. The molecule has 1 aliphatic carbocycles. The number of aliphatic hydroxyl groups is 4. The topological polar surface area (TPSA) is 93.0 Å². The van der Waals surface area contributed by atoms with Crippen molar-refractivity contribution in [1.82, 2.24) is 5.32 Å². The Hall–Kier alpha value is -1.50. The summed E-state index contributed by atoms with van der Waals surface area (Å²) in [6.45, 7) is 0.150. The number of hydrogen-bond donors (Lipinski definition) is 5. The lowest BCUT2D eigenvalue weighted by Crippen LogP contribution is -2.54. The van der Waals surface area contributed by atoms with E-state index in [1.807, 2.05) is 42.5 Å². The van der Waals surface area contributed by atoms with Crippen LogP contribution in [0.4, 0.5) is 0 Å². The summed E-state index contributed by atoms with van der Waals surface area (Å²) in [7, 11) is 0. The second-order valence-corrected chi connectivity index (χ2v) is 5.07. The molecule has 114 valence electrons. The SMILES string of the molecule is OCC1=CC(NC/C=C/c2ccccc2)C(O)C(O)C1O. The van der Waals surface area contributed by atoms with Crippen LogP contribution in [0.1, 0.15) is 5.56 Å². The molecule has 5 heteroatoms. The van der Waals surface area contributed by atoms with Crippen molar-refractivity contribution in [2.75, 3.05) is 13.2 Å². The zero-order chi connectivity index (χ0) is 15.2. The lowest BCUT2D eigenvalue weighted by atomic mass is 9.88. The van der Waals surface area contributed by atoms with Crippen molar-refractivity contribution in [2.45, 2.75) is 24.4 Å². The van der Waals surface area contributed by atoms with Gasteiger partial charge in [0.1, 0.15) is 18.3 Å².